The summed E-state index contributed by atoms with van der Waals surface area (Å²) in [5.41, 5.74) is 4.91. The van der Waals surface area contributed by atoms with Crippen molar-refractivity contribution in [1.82, 2.24) is 4.98 Å². The van der Waals surface area contributed by atoms with Gasteiger partial charge in [-0.15, -0.1) is 0 Å². The van der Waals surface area contributed by atoms with E-state index in [0.717, 1.165) is 0 Å². The van der Waals surface area contributed by atoms with Gasteiger partial charge in [0.05, 0.1) is 11.3 Å². The van der Waals surface area contributed by atoms with E-state index in [1.54, 1.807) is 12.1 Å². The monoisotopic (exact) mass is 226 g/mol. The highest BCUT2D eigenvalue weighted by molar-refractivity contribution is 5.95. The number of pyridine rings is 1. The van der Waals surface area contributed by atoms with Gasteiger partial charge >= 0.3 is 6.18 Å². The molecule has 0 atom stereocenters. The number of hydrogen-bond donors (Lipinski definition) is 1. The van der Waals surface area contributed by atoms with Crippen molar-refractivity contribution in [2.24, 2.45) is 0 Å². The summed E-state index contributed by atoms with van der Waals surface area (Å²) in [6.45, 7) is 1.33. The zero-order valence-corrected chi connectivity index (χ0v) is 8.47. The predicted molar refractivity (Wildman–Crippen MR) is 55.9 cm³/mol. The van der Waals surface area contributed by atoms with Crippen LogP contribution >= 0.6 is 0 Å². The molecule has 0 aliphatic rings. The fourth-order valence-corrected chi connectivity index (χ4v) is 1.74. The number of hydrogen-bond acceptors (Lipinski definition) is 2. The quantitative estimate of drug-likeness (QED) is 0.701. The first-order valence-corrected chi connectivity index (χ1v) is 4.62. The van der Waals surface area contributed by atoms with Crippen LogP contribution in [0.4, 0.5) is 18.9 Å². The summed E-state index contributed by atoms with van der Waals surface area (Å²) in [4.78, 5) is 3.74. The van der Waals surface area contributed by atoms with Gasteiger partial charge in [0.2, 0.25) is 0 Å². The Morgan fingerprint density at radius 1 is 1.25 bits per heavy atom. The molecule has 0 unspecified atom stereocenters. The fourth-order valence-electron chi connectivity index (χ4n) is 1.74. The number of halogens is 3. The van der Waals surface area contributed by atoms with E-state index in [1.165, 1.54) is 19.2 Å². The van der Waals surface area contributed by atoms with Crippen molar-refractivity contribution in [3.05, 3.63) is 35.7 Å². The first-order chi connectivity index (χ1) is 7.41. The molecule has 0 saturated carbocycles. The third kappa shape index (κ3) is 1.58. The van der Waals surface area contributed by atoms with Crippen LogP contribution in [0.2, 0.25) is 0 Å². The Balaban J connectivity index is 2.95. The first kappa shape index (κ1) is 10.7. The normalized spacial score (nSPS) is 12.0. The standard InChI is InChI=1S/C11H9F3N2/c1-6-10(11(12,13)14)9-7(5-16-6)3-2-4-8(9)15/h2-5H,15H2,1H3. The SMILES string of the molecule is Cc1ncc2cccc(N)c2c1C(F)(F)F. The first-order valence-electron chi connectivity index (χ1n) is 4.62. The molecule has 1 heterocycles. The molecule has 0 fully saturated rings. The molecule has 84 valence electrons. The average molecular weight is 226 g/mol. The maximum Gasteiger partial charge on any atom is 0.418 e. The van der Waals surface area contributed by atoms with Crippen molar-refractivity contribution >= 4 is 16.5 Å². The summed E-state index contributed by atoms with van der Waals surface area (Å²) < 4.78 is 38.6. The number of anilines is 1. The predicted octanol–water partition coefficient (Wildman–Crippen LogP) is 3.14. The zero-order valence-electron chi connectivity index (χ0n) is 8.47. The molecule has 0 aliphatic heterocycles. The number of nitrogen functional groups attached to an aromatic ring is 1. The molecule has 2 rings (SSSR count). The summed E-state index contributed by atoms with van der Waals surface area (Å²) in [6, 6.07) is 4.62. The summed E-state index contributed by atoms with van der Waals surface area (Å²) in [5.74, 6) is 0. The highest BCUT2D eigenvalue weighted by atomic mass is 19.4. The molecule has 0 aliphatic carbocycles. The van der Waals surface area contributed by atoms with Gasteiger partial charge in [0.25, 0.3) is 0 Å². The Hall–Kier alpha value is -1.78. The topological polar surface area (TPSA) is 38.9 Å². The van der Waals surface area contributed by atoms with Gasteiger partial charge in [0, 0.05) is 22.7 Å². The minimum Gasteiger partial charge on any atom is -0.398 e. The van der Waals surface area contributed by atoms with Crippen molar-refractivity contribution in [2.45, 2.75) is 13.1 Å². The van der Waals surface area contributed by atoms with Crippen LogP contribution in [-0.2, 0) is 6.18 Å². The molecule has 0 saturated heterocycles. The number of fused-ring (bicyclic) bond motifs is 1. The molecule has 0 radical (unpaired) electrons. The number of alkyl halides is 3. The molecule has 0 amide bonds. The van der Waals surface area contributed by atoms with Gasteiger partial charge in [-0.05, 0) is 13.0 Å². The molecule has 0 bridgehead atoms. The molecule has 0 spiro atoms. The third-order valence-corrected chi connectivity index (χ3v) is 2.42. The van der Waals surface area contributed by atoms with E-state index in [0.29, 0.717) is 5.39 Å². The maximum atomic E-state index is 12.9. The minimum absolute atomic E-state index is 0.0301. The smallest absolute Gasteiger partial charge is 0.398 e. The van der Waals surface area contributed by atoms with Crippen molar-refractivity contribution in [3.8, 4) is 0 Å². The molecule has 2 nitrogen and oxygen atoms in total. The lowest BCUT2D eigenvalue weighted by Crippen LogP contribution is -2.10. The molecule has 5 heteroatoms. The molecule has 16 heavy (non-hydrogen) atoms. The Morgan fingerprint density at radius 3 is 2.56 bits per heavy atom. The highest BCUT2D eigenvalue weighted by Gasteiger charge is 2.35. The van der Waals surface area contributed by atoms with E-state index >= 15 is 0 Å². The van der Waals surface area contributed by atoms with Crippen LogP contribution in [0.3, 0.4) is 0 Å². The van der Waals surface area contributed by atoms with Gasteiger partial charge in [-0.25, -0.2) is 0 Å². The van der Waals surface area contributed by atoms with Crippen molar-refractivity contribution < 1.29 is 13.2 Å². The molecule has 1 aromatic heterocycles. The second kappa shape index (κ2) is 3.37. The summed E-state index contributed by atoms with van der Waals surface area (Å²) >= 11 is 0. The second-order valence-electron chi connectivity index (χ2n) is 3.53. The number of nitrogens with zero attached hydrogens (tertiary/aromatic N) is 1. The van der Waals surface area contributed by atoms with Gasteiger partial charge in [0.15, 0.2) is 0 Å². The molecular weight excluding hydrogens is 217 g/mol. The van der Waals surface area contributed by atoms with Crippen LogP contribution in [0, 0.1) is 6.92 Å². The maximum absolute atomic E-state index is 12.9. The van der Waals surface area contributed by atoms with E-state index in [-0.39, 0.29) is 16.8 Å². The van der Waals surface area contributed by atoms with Crippen LogP contribution in [0.25, 0.3) is 10.8 Å². The third-order valence-electron chi connectivity index (χ3n) is 2.42. The Kier molecular flexibility index (Phi) is 2.26. The minimum atomic E-state index is -4.44. The molecule has 2 N–H and O–H groups in total. The van der Waals surface area contributed by atoms with Crippen LogP contribution in [0.1, 0.15) is 11.3 Å². The Labute approximate surface area is 89.9 Å². The van der Waals surface area contributed by atoms with Crippen LogP contribution in [0.15, 0.2) is 24.4 Å². The van der Waals surface area contributed by atoms with E-state index in [2.05, 4.69) is 4.98 Å². The Bertz CT molecular complexity index is 547. The fraction of sp³-hybridized carbons (Fsp3) is 0.182. The second-order valence-corrected chi connectivity index (χ2v) is 3.53. The number of nitrogens with two attached hydrogens (primary N) is 1. The Morgan fingerprint density at radius 2 is 1.94 bits per heavy atom. The van der Waals surface area contributed by atoms with Crippen molar-refractivity contribution in [2.75, 3.05) is 5.73 Å². The largest absolute Gasteiger partial charge is 0.418 e. The van der Waals surface area contributed by atoms with E-state index in [1.807, 2.05) is 0 Å². The van der Waals surface area contributed by atoms with Gasteiger partial charge in [0.1, 0.15) is 0 Å². The van der Waals surface area contributed by atoms with Crippen molar-refractivity contribution in [1.29, 1.82) is 0 Å². The lowest BCUT2D eigenvalue weighted by atomic mass is 10.0. The number of aromatic nitrogens is 1. The van der Waals surface area contributed by atoms with Crippen LogP contribution in [0.5, 0.6) is 0 Å². The van der Waals surface area contributed by atoms with Crippen LogP contribution in [-0.4, -0.2) is 4.98 Å². The van der Waals surface area contributed by atoms with E-state index < -0.39 is 11.7 Å². The lowest BCUT2D eigenvalue weighted by molar-refractivity contribution is -0.136. The van der Waals surface area contributed by atoms with Crippen LogP contribution < -0.4 is 5.73 Å². The molecule has 1 aromatic carbocycles. The van der Waals surface area contributed by atoms with E-state index in [9.17, 15) is 13.2 Å². The highest BCUT2D eigenvalue weighted by Crippen LogP contribution is 2.38. The van der Waals surface area contributed by atoms with Gasteiger partial charge in [-0.1, -0.05) is 12.1 Å². The summed E-state index contributed by atoms with van der Waals surface area (Å²) in [6.07, 6.45) is -3.04. The molecular formula is C11H9F3N2. The van der Waals surface area contributed by atoms with Crippen molar-refractivity contribution in [3.63, 3.8) is 0 Å². The van der Waals surface area contributed by atoms with Gasteiger partial charge < -0.3 is 5.73 Å². The average Bonchev–Trinajstić information content (AvgIpc) is 2.17. The number of benzene rings is 1. The van der Waals surface area contributed by atoms with Gasteiger partial charge in [-0.3, -0.25) is 4.98 Å². The molecule has 2 aromatic rings. The number of aryl methyl sites for hydroxylation is 1. The lowest BCUT2D eigenvalue weighted by Gasteiger charge is -2.14. The summed E-state index contributed by atoms with van der Waals surface area (Å²) in [5, 5.41) is 0.431. The zero-order chi connectivity index (χ0) is 11.9. The summed E-state index contributed by atoms with van der Waals surface area (Å²) in [7, 11) is 0. The van der Waals surface area contributed by atoms with Gasteiger partial charge in [-0.2, -0.15) is 13.2 Å². The van der Waals surface area contributed by atoms with E-state index in [4.69, 9.17) is 5.73 Å². The number of rotatable bonds is 0.